The van der Waals surface area contributed by atoms with Crippen LogP contribution < -0.4 is 9.64 Å². The fourth-order valence-electron chi connectivity index (χ4n) is 2.13. The Kier molecular flexibility index (Phi) is 4.52. The molecule has 21 heavy (non-hydrogen) atoms. The van der Waals surface area contributed by atoms with E-state index in [1.165, 1.54) is 0 Å². The van der Waals surface area contributed by atoms with Gasteiger partial charge in [0.15, 0.2) is 11.0 Å². The maximum atomic E-state index is 6.14. The molecule has 3 rings (SSSR count). The lowest BCUT2D eigenvalue weighted by Gasteiger charge is -2.28. The number of morpholine rings is 1. The molecule has 0 saturated carbocycles. The second kappa shape index (κ2) is 6.74. The van der Waals surface area contributed by atoms with Crippen LogP contribution in [-0.4, -0.2) is 36.3 Å². The number of nitrogens with zero attached hydrogens (tertiary/aromatic N) is 3. The Balaban J connectivity index is 1.71. The minimum absolute atomic E-state index is 0.393. The number of benzene rings is 1. The molecule has 1 saturated heterocycles. The lowest BCUT2D eigenvalue weighted by Crippen LogP contribution is -2.37. The van der Waals surface area contributed by atoms with Crippen LogP contribution in [-0.2, 0) is 11.3 Å². The summed E-state index contributed by atoms with van der Waals surface area (Å²) in [6.07, 6.45) is 1.55. The molecule has 1 aliphatic heterocycles. The topological polar surface area (TPSA) is 47.5 Å². The molecule has 0 aliphatic carbocycles. The Morgan fingerprint density at radius 3 is 2.71 bits per heavy atom. The van der Waals surface area contributed by atoms with E-state index in [1.807, 2.05) is 30.3 Å². The van der Waals surface area contributed by atoms with Gasteiger partial charge in [0, 0.05) is 13.1 Å². The van der Waals surface area contributed by atoms with Gasteiger partial charge in [-0.2, -0.15) is 4.98 Å². The zero-order valence-electron chi connectivity index (χ0n) is 11.5. The van der Waals surface area contributed by atoms with E-state index in [0.717, 1.165) is 18.7 Å². The van der Waals surface area contributed by atoms with Crippen molar-refractivity contribution in [2.75, 3.05) is 31.2 Å². The standard InChI is InChI=1S/C15H16ClN3O2/c16-14-15(19-6-8-20-9-7-19)18-13(10-17-14)21-11-12-4-2-1-3-5-12/h1-5,10H,6-9,11H2. The average molecular weight is 306 g/mol. The van der Waals surface area contributed by atoms with Crippen LogP contribution >= 0.6 is 11.6 Å². The van der Waals surface area contributed by atoms with Crippen molar-refractivity contribution in [3.63, 3.8) is 0 Å². The third-order valence-electron chi connectivity index (χ3n) is 3.23. The molecule has 0 atom stereocenters. The summed E-state index contributed by atoms with van der Waals surface area (Å²) < 4.78 is 11.0. The highest BCUT2D eigenvalue weighted by atomic mass is 35.5. The van der Waals surface area contributed by atoms with Crippen LogP contribution in [0.5, 0.6) is 5.88 Å². The van der Waals surface area contributed by atoms with Gasteiger partial charge in [0.25, 0.3) is 0 Å². The Bertz CT molecular complexity index is 589. The van der Waals surface area contributed by atoms with Gasteiger partial charge in [0.2, 0.25) is 5.88 Å². The minimum Gasteiger partial charge on any atom is -0.472 e. The van der Waals surface area contributed by atoms with Gasteiger partial charge in [0.05, 0.1) is 19.4 Å². The number of ether oxygens (including phenoxy) is 2. The number of aromatic nitrogens is 2. The molecule has 0 amide bonds. The largest absolute Gasteiger partial charge is 0.472 e. The molecule has 5 nitrogen and oxygen atoms in total. The Hall–Kier alpha value is -1.85. The average Bonchev–Trinajstić information content (AvgIpc) is 2.56. The number of hydrogen-bond acceptors (Lipinski definition) is 5. The Labute approximate surface area is 128 Å². The van der Waals surface area contributed by atoms with E-state index in [1.54, 1.807) is 6.20 Å². The predicted octanol–water partition coefficient (Wildman–Crippen LogP) is 2.55. The Morgan fingerprint density at radius 1 is 1.19 bits per heavy atom. The second-order valence-corrected chi connectivity index (χ2v) is 5.05. The van der Waals surface area contributed by atoms with Gasteiger partial charge in [-0.15, -0.1) is 0 Å². The molecule has 2 aromatic rings. The first-order chi connectivity index (χ1) is 10.3. The maximum absolute atomic E-state index is 6.14. The molecule has 2 heterocycles. The molecule has 0 N–H and O–H groups in total. The summed E-state index contributed by atoms with van der Waals surface area (Å²) in [5.74, 6) is 1.13. The van der Waals surface area contributed by atoms with Crippen LogP contribution in [0.1, 0.15) is 5.56 Å². The fraction of sp³-hybridized carbons (Fsp3) is 0.333. The second-order valence-electron chi connectivity index (χ2n) is 4.70. The van der Waals surface area contributed by atoms with Gasteiger partial charge in [-0.1, -0.05) is 41.9 Å². The highest BCUT2D eigenvalue weighted by Crippen LogP contribution is 2.24. The SMILES string of the molecule is Clc1ncc(OCc2ccccc2)nc1N1CCOCC1. The first-order valence-electron chi connectivity index (χ1n) is 6.85. The molecule has 0 radical (unpaired) electrons. The first-order valence-corrected chi connectivity index (χ1v) is 7.23. The molecule has 0 unspecified atom stereocenters. The highest BCUT2D eigenvalue weighted by Gasteiger charge is 2.17. The highest BCUT2D eigenvalue weighted by molar-refractivity contribution is 6.31. The maximum Gasteiger partial charge on any atom is 0.234 e. The summed E-state index contributed by atoms with van der Waals surface area (Å²) in [5, 5.41) is 0.393. The molecular formula is C15H16ClN3O2. The molecule has 1 aliphatic rings. The summed E-state index contributed by atoms with van der Waals surface area (Å²) >= 11 is 6.14. The van der Waals surface area contributed by atoms with E-state index in [2.05, 4.69) is 14.9 Å². The zero-order valence-corrected chi connectivity index (χ0v) is 12.3. The van der Waals surface area contributed by atoms with Crippen LogP contribution in [0.15, 0.2) is 36.5 Å². The van der Waals surface area contributed by atoms with Crippen LogP contribution in [0.25, 0.3) is 0 Å². The van der Waals surface area contributed by atoms with Crippen LogP contribution in [0.2, 0.25) is 5.15 Å². The summed E-state index contributed by atoms with van der Waals surface area (Å²) in [6.45, 7) is 3.33. The molecule has 6 heteroatoms. The summed E-state index contributed by atoms with van der Waals surface area (Å²) in [6, 6.07) is 9.94. The van der Waals surface area contributed by atoms with Gasteiger partial charge < -0.3 is 14.4 Å². The summed E-state index contributed by atoms with van der Waals surface area (Å²) in [5.41, 5.74) is 1.09. The first kappa shape index (κ1) is 14.1. The van der Waals surface area contributed by atoms with Crippen LogP contribution in [0.4, 0.5) is 5.82 Å². The van der Waals surface area contributed by atoms with Crippen molar-refractivity contribution in [2.45, 2.75) is 6.61 Å². The van der Waals surface area contributed by atoms with Crippen molar-refractivity contribution in [1.82, 2.24) is 9.97 Å². The van der Waals surface area contributed by atoms with Crippen LogP contribution in [0.3, 0.4) is 0 Å². The normalized spacial score (nSPS) is 15.0. The fourth-order valence-corrected chi connectivity index (χ4v) is 2.34. The lowest BCUT2D eigenvalue weighted by atomic mass is 10.2. The van der Waals surface area contributed by atoms with Gasteiger partial charge in [-0.25, -0.2) is 4.98 Å². The van der Waals surface area contributed by atoms with Crippen molar-refractivity contribution in [1.29, 1.82) is 0 Å². The smallest absolute Gasteiger partial charge is 0.234 e. The van der Waals surface area contributed by atoms with E-state index in [9.17, 15) is 0 Å². The van der Waals surface area contributed by atoms with Gasteiger partial charge in [-0.3, -0.25) is 0 Å². The monoisotopic (exact) mass is 305 g/mol. The zero-order chi connectivity index (χ0) is 14.5. The molecule has 0 bridgehead atoms. The third kappa shape index (κ3) is 3.62. The van der Waals surface area contributed by atoms with Crippen molar-refractivity contribution in [3.8, 4) is 5.88 Å². The molecule has 1 aromatic heterocycles. The van der Waals surface area contributed by atoms with Crippen LogP contribution in [0, 0.1) is 0 Å². The number of hydrogen-bond donors (Lipinski definition) is 0. The molecular weight excluding hydrogens is 290 g/mol. The van der Waals surface area contributed by atoms with E-state index >= 15 is 0 Å². The summed E-state index contributed by atoms with van der Waals surface area (Å²) in [4.78, 5) is 10.7. The number of anilines is 1. The van der Waals surface area contributed by atoms with Gasteiger partial charge in [0.1, 0.15) is 6.61 Å². The van der Waals surface area contributed by atoms with E-state index in [-0.39, 0.29) is 0 Å². The Morgan fingerprint density at radius 2 is 1.95 bits per heavy atom. The van der Waals surface area contributed by atoms with E-state index in [4.69, 9.17) is 21.1 Å². The third-order valence-corrected chi connectivity index (χ3v) is 3.50. The van der Waals surface area contributed by atoms with E-state index in [0.29, 0.717) is 36.7 Å². The number of rotatable bonds is 4. The van der Waals surface area contributed by atoms with Crippen molar-refractivity contribution in [3.05, 3.63) is 47.2 Å². The number of halogens is 1. The van der Waals surface area contributed by atoms with Gasteiger partial charge >= 0.3 is 0 Å². The summed E-state index contributed by atoms with van der Waals surface area (Å²) in [7, 11) is 0. The van der Waals surface area contributed by atoms with Gasteiger partial charge in [-0.05, 0) is 5.56 Å². The minimum atomic E-state index is 0.393. The van der Waals surface area contributed by atoms with Crippen molar-refractivity contribution >= 4 is 17.4 Å². The molecule has 1 aromatic carbocycles. The van der Waals surface area contributed by atoms with Crippen molar-refractivity contribution < 1.29 is 9.47 Å². The van der Waals surface area contributed by atoms with E-state index < -0.39 is 0 Å². The molecule has 110 valence electrons. The van der Waals surface area contributed by atoms with Crippen molar-refractivity contribution in [2.24, 2.45) is 0 Å². The quantitative estimate of drug-likeness (QED) is 0.869. The molecule has 1 fully saturated rings. The predicted molar refractivity (Wildman–Crippen MR) is 80.8 cm³/mol. The molecule has 0 spiro atoms. The lowest BCUT2D eigenvalue weighted by molar-refractivity contribution is 0.122.